The molecule has 1 atom stereocenters. The average Bonchev–Trinajstić information content (AvgIpc) is 2.91. The first kappa shape index (κ1) is 22.6. The Kier molecular flexibility index (Phi) is 6.05. The van der Waals surface area contributed by atoms with Crippen LogP contribution in [0.3, 0.4) is 0 Å². The summed E-state index contributed by atoms with van der Waals surface area (Å²) >= 11 is 0. The van der Waals surface area contributed by atoms with Gasteiger partial charge in [0.25, 0.3) is 11.6 Å². The lowest BCUT2D eigenvalue weighted by Gasteiger charge is -2.21. The van der Waals surface area contributed by atoms with Gasteiger partial charge in [0, 0.05) is 24.2 Å². The normalized spacial score (nSPS) is 15.1. The number of carbonyl (C=O) groups excluding carboxylic acids is 2. The first-order chi connectivity index (χ1) is 16.3. The molecule has 1 aliphatic heterocycles. The number of fused-ring (bicyclic) bond motifs is 1. The van der Waals surface area contributed by atoms with Crippen LogP contribution in [-0.2, 0) is 4.79 Å². The van der Waals surface area contributed by atoms with E-state index in [9.17, 15) is 24.1 Å². The average molecular weight is 461 g/mol. The van der Waals surface area contributed by atoms with Crippen molar-refractivity contribution in [3.05, 3.63) is 99.4 Å². The SMILES string of the molecule is Cc1cccc([N+](=O)[O-])c1NC(=O)NC1N=C(c2ccccc2F)c2ccccc2N(C)C1=O. The fourth-order valence-electron chi connectivity index (χ4n) is 3.73. The molecule has 1 aliphatic rings. The molecular formula is C24H20FN5O4. The topological polar surface area (TPSA) is 117 Å². The van der Waals surface area contributed by atoms with E-state index in [2.05, 4.69) is 15.6 Å². The molecule has 0 aliphatic carbocycles. The van der Waals surface area contributed by atoms with Gasteiger partial charge in [0.15, 0.2) is 0 Å². The minimum absolute atomic E-state index is 0.000943. The van der Waals surface area contributed by atoms with Gasteiger partial charge >= 0.3 is 6.03 Å². The number of urea groups is 1. The molecule has 0 spiro atoms. The molecule has 1 heterocycles. The number of para-hydroxylation sites is 2. The summed E-state index contributed by atoms with van der Waals surface area (Å²) in [6, 6.07) is 16.4. The molecule has 10 heteroatoms. The Morgan fingerprint density at radius 3 is 2.44 bits per heavy atom. The van der Waals surface area contributed by atoms with Crippen molar-refractivity contribution in [3.63, 3.8) is 0 Å². The molecular weight excluding hydrogens is 441 g/mol. The van der Waals surface area contributed by atoms with E-state index in [1.54, 1.807) is 43.3 Å². The summed E-state index contributed by atoms with van der Waals surface area (Å²) < 4.78 is 14.7. The van der Waals surface area contributed by atoms with Gasteiger partial charge in [-0.05, 0) is 30.7 Å². The molecule has 4 rings (SSSR count). The number of nitro benzene ring substituents is 1. The van der Waals surface area contributed by atoms with Gasteiger partial charge < -0.3 is 15.5 Å². The third kappa shape index (κ3) is 4.20. The van der Waals surface area contributed by atoms with Gasteiger partial charge in [-0.25, -0.2) is 14.2 Å². The summed E-state index contributed by atoms with van der Waals surface area (Å²) in [7, 11) is 1.53. The van der Waals surface area contributed by atoms with E-state index < -0.39 is 28.8 Å². The Morgan fingerprint density at radius 2 is 1.74 bits per heavy atom. The van der Waals surface area contributed by atoms with Crippen LogP contribution in [0.25, 0.3) is 0 Å². The number of rotatable bonds is 4. The molecule has 0 saturated heterocycles. The van der Waals surface area contributed by atoms with E-state index in [0.717, 1.165) is 0 Å². The number of nitro groups is 1. The Balaban J connectivity index is 1.73. The maximum Gasteiger partial charge on any atom is 0.321 e. The lowest BCUT2D eigenvalue weighted by atomic mass is 10.00. The van der Waals surface area contributed by atoms with Gasteiger partial charge in [-0.3, -0.25) is 14.9 Å². The highest BCUT2D eigenvalue weighted by atomic mass is 19.1. The van der Waals surface area contributed by atoms with Crippen LogP contribution in [0.5, 0.6) is 0 Å². The highest BCUT2D eigenvalue weighted by Crippen LogP contribution is 2.29. The van der Waals surface area contributed by atoms with Crippen LogP contribution < -0.4 is 15.5 Å². The van der Waals surface area contributed by atoms with Crippen LogP contribution in [-0.4, -0.2) is 35.8 Å². The molecule has 3 aromatic rings. The van der Waals surface area contributed by atoms with Gasteiger partial charge in [0.1, 0.15) is 11.5 Å². The number of anilines is 2. The molecule has 0 saturated carbocycles. The Morgan fingerprint density at radius 1 is 1.06 bits per heavy atom. The zero-order chi connectivity index (χ0) is 24.4. The number of nitrogens with zero attached hydrogens (tertiary/aromatic N) is 3. The summed E-state index contributed by atoms with van der Waals surface area (Å²) in [4.78, 5) is 42.5. The summed E-state index contributed by atoms with van der Waals surface area (Å²) in [5, 5.41) is 16.3. The second kappa shape index (κ2) is 9.10. The number of benzodiazepines with no additional fused rings is 1. The molecule has 9 nitrogen and oxygen atoms in total. The minimum Gasteiger partial charge on any atom is -0.311 e. The smallest absolute Gasteiger partial charge is 0.311 e. The molecule has 34 heavy (non-hydrogen) atoms. The van der Waals surface area contributed by atoms with Crippen molar-refractivity contribution in [3.8, 4) is 0 Å². The molecule has 3 aromatic carbocycles. The standard InChI is InChI=1S/C24H20FN5O4/c1-14-8-7-13-19(30(33)34)20(14)27-24(32)28-22-23(31)29(2)18-12-6-4-10-16(18)21(26-22)15-9-3-5-11-17(15)25/h3-13,22H,1-2H3,(H2,27,28,32). The zero-order valence-electron chi connectivity index (χ0n) is 18.3. The van der Waals surface area contributed by atoms with Crippen LogP contribution in [0.1, 0.15) is 16.7 Å². The van der Waals surface area contributed by atoms with Crippen LogP contribution in [0.15, 0.2) is 71.7 Å². The Hall–Kier alpha value is -4.60. The number of nitrogens with one attached hydrogen (secondary N) is 2. The predicted octanol–water partition coefficient (Wildman–Crippen LogP) is 4.00. The lowest BCUT2D eigenvalue weighted by Crippen LogP contribution is -2.47. The summed E-state index contributed by atoms with van der Waals surface area (Å²) in [6.45, 7) is 1.61. The van der Waals surface area contributed by atoms with E-state index in [1.165, 1.54) is 42.3 Å². The summed E-state index contributed by atoms with van der Waals surface area (Å²) in [5.41, 5.74) is 1.55. The second-order valence-corrected chi connectivity index (χ2v) is 7.60. The maximum atomic E-state index is 14.7. The van der Waals surface area contributed by atoms with Crippen molar-refractivity contribution in [1.82, 2.24) is 5.32 Å². The molecule has 1 unspecified atom stereocenters. The zero-order valence-corrected chi connectivity index (χ0v) is 18.3. The Bertz CT molecular complexity index is 1340. The van der Waals surface area contributed by atoms with Crippen molar-refractivity contribution < 1.29 is 18.9 Å². The molecule has 0 fully saturated rings. The van der Waals surface area contributed by atoms with Crippen LogP contribution in [0, 0.1) is 22.9 Å². The maximum absolute atomic E-state index is 14.7. The number of hydrogen-bond acceptors (Lipinski definition) is 5. The number of hydrogen-bond donors (Lipinski definition) is 2. The first-order valence-corrected chi connectivity index (χ1v) is 10.3. The highest BCUT2D eigenvalue weighted by molar-refractivity contribution is 6.20. The van der Waals surface area contributed by atoms with Crippen LogP contribution in [0.2, 0.25) is 0 Å². The van der Waals surface area contributed by atoms with Gasteiger partial charge in [-0.15, -0.1) is 0 Å². The number of aliphatic imine (C=N–C) groups is 1. The van der Waals surface area contributed by atoms with Crippen molar-refractivity contribution in [2.75, 3.05) is 17.3 Å². The first-order valence-electron chi connectivity index (χ1n) is 10.3. The van der Waals surface area contributed by atoms with Crippen LogP contribution in [0.4, 0.5) is 26.2 Å². The summed E-state index contributed by atoms with van der Waals surface area (Å²) in [6.07, 6.45) is -1.41. The molecule has 0 bridgehead atoms. The third-order valence-electron chi connectivity index (χ3n) is 5.43. The number of carbonyl (C=O) groups is 2. The lowest BCUT2D eigenvalue weighted by molar-refractivity contribution is -0.384. The highest BCUT2D eigenvalue weighted by Gasteiger charge is 2.32. The van der Waals surface area contributed by atoms with Crippen molar-refractivity contribution in [1.29, 1.82) is 0 Å². The third-order valence-corrected chi connectivity index (χ3v) is 5.43. The number of halogens is 1. The summed E-state index contributed by atoms with van der Waals surface area (Å²) in [5.74, 6) is -1.10. The number of amides is 3. The minimum atomic E-state index is -1.41. The molecule has 0 aromatic heterocycles. The quantitative estimate of drug-likeness (QED) is 0.451. The molecule has 0 radical (unpaired) electrons. The van der Waals surface area contributed by atoms with E-state index in [1.807, 2.05) is 0 Å². The second-order valence-electron chi connectivity index (χ2n) is 7.60. The monoisotopic (exact) mass is 461 g/mol. The van der Waals surface area contributed by atoms with Gasteiger partial charge in [0.2, 0.25) is 6.17 Å². The van der Waals surface area contributed by atoms with Gasteiger partial charge in [-0.2, -0.15) is 0 Å². The number of aryl methyl sites for hydroxylation is 1. The molecule has 2 N–H and O–H groups in total. The van der Waals surface area contributed by atoms with E-state index in [4.69, 9.17) is 0 Å². The number of likely N-dealkylation sites (N-methyl/N-ethyl adjacent to an activating group) is 1. The van der Waals surface area contributed by atoms with Crippen molar-refractivity contribution >= 4 is 34.7 Å². The molecule has 172 valence electrons. The van der Waals surface area contributed by atoms with Gasteiger partial charge in [-0.1, -0.05) is 42.5 Å². The Labute approximate surface area is 194 Å². The largest absolute Gasteiger partial charge is 0.321 e. The fraction of sp³-hybridized carbons (Fsp3) is 0.125. The van der Waals surface area contributed by atoms with Crippen LogP contribution >= 0.6 is 0 Å². The predicted molar refractivity (Wildman–Crippen MR) is 126 cm³/mol. The molecule has 3 amide bonds. The van der Waals surface area contributed by atoms with E-state index >= 15 is 0 Å². The van der Waals surface area contributed by atoms with Crippen molar-refractivity contribution in [2.45, 2.75) is 13.1 Å². The number of benzene rings is 3. The fourth-order valence-corrected chi connectivity index (χ4v) is 3.73. The van der Waals surface area contributed by atoms with Gasteiger partial charge in [0.05, 0.1) is 16.3 Å². The van der Waals surface area contributed by atoms with E-state index in [-0.39, 0.29) is 22.6 Å². The van der Waals surface area contributed by atoms with Crippen molar-refractivity contribution in [2.24, 2.45) is 4.99 Å². The van der Waals surface area contributed by atoms with E-state index in [0.29, 0.717) is 16.8 Å².